The zero-order valence-corrected chi connectivity index (χ0v) is 19.9. The molecule has 0 radical (unpaired) electrons. The number of carbonyl (C=O) groups is 1. The molecule has 1 amide bonds. The Labute approximate surface area is 197 Å². The van der Waals surface area contributed by atoms with Crippen LogP contribution in [0.25, 0.3) is 11.5 Å². The summed E-state index contributed by atoms with van der Waals surface area (Å²) in [4.78, 5) is 12.6. The summed E-state index contributed by atoms with van der Waals surface area (Å²) in [5.74, 6) is 0.0725. The van der Waals surface area contributed by atoms with E-state index in [9.17, 15) is 13.2 Å². The highest BCUT2D eigenvalue weighted by Crippen LogP contribution is 2.28. The minimum absolute atomic E-state index is 0.141. The van der Waals surface area contributed by atoms with E-state index in [4.69, 9.17) is 4.42 Å². The highest BCUT2D eigenvalue weighted by atomic mass is 32.2. The Hall–Kier alpha value is -2.69. The number of thioether (sulfide) groups is 1. The Balaban J connectivity index is 1.41. The third-order valence-electron chi connectivity index (χ3n) is 5.40. The molecule has 1 aliphatic heterocycles. The molecule has 2 aromatic carbocycles. The standard InChI is InChI=1S/C23H26N4O4S2/c1-17(21(28)24-16-18-9-4-2-5-10-18)32-23-26-25-22(31-23)19-11-8-12-20(15-19)33(29,30)27-13-6-3-7-14-27/h2,4-5,8-12,15,17H,3,6-7,13-14,16H2,1H3,(H,24,28). The molecule has 0 saturated carbocycles. The van der Waals surface area contributed by atoms with Gasteiger partial charge in [-0.05, 0) is 43.5 Å². The van der Waals surface area contributed by atoms with Gasteiger partial charge < -0.3 is 9.73 Å². The summed E-state index contributed by atoms with van der Waals surface area (Å²) in [6, 6.07) is 16.2. The van der Waals surface area contributed by atoms with Crippen molar-refractivity contribution in [3.05, 3.63) is 60.2 Å². The molecule has 0 spiro atoms. The molecule has 4 rings (SSSR count). The van der Waals surface area contributed by atoms with Crippen LogP contribution >= 0.6 is 11.8 Å². The molecule has 0 aliphatic carbocycles. The SMILES string of the molecule is CC(Sc1nnc(-c2cccc(S(=O)(=O)N3CCCCC3)c2)o1)C(=O)NCc1ccccc1. The minimum atomic E-state index is -3.56. The second kappa shape index (κ2) is 10.5. The molecular weight excluding hydrogens is 460 g/mol. The summed E-state index contributed by atoms with van der Waals surface area (Å²) >= 11 is 1.16. The van der Waals surface area contributed by atoms with Gasteiger partial charge in [0.25, 0.3) is 5.22 Å². The largest absolute Gasteiger partial charge is 0.411 e. The van der Waals surface area contributed by atoms with Gasteiger partial charge in [0, 0.05) is 25.2 Å². The fourth-order valence-electron chi connectivity index (χ4n) is 3.55. The van der Waals surface area contributed by atoms with Crippen LogP contribution < -0.4 is 5.32 Å². The molecule has 3 aromatic rings. The third kappa shape index (κ3) is 5.82. The van der Waals surface area contributed by atoms with E-state index >= 15 is 0 Å². The monoisotopic (exact) mass is 486 g/mol. The summed E-state index contributed by atoms with van der Waals surface area (Å²) in [5.41, 5.74) is 1.54. The zero-order valence-electron chi connectivity index (χ0n) is 18.3. The molecule has 0 bridgehead atoms. The second-order valence-corrected chi connectivity index (χ2v) is 11.1. The molecule has 10 heteroatoms. The van der Waals surface area contributed by atoms with Gasteiger partial charge >= 0.3 is 0 Å². The molecule has 2 heterocycles. The van der Waals surface area contributed by atoms with Gasteiger partial charge in [0.05, 0.1) is 10.1 Å². The van der Waals surface area contributed by atoms with E-state index in [1.165, 1.54) is 4.31 Å². The first-order valence-corrected chi connectivity index (χ1v) is 13.2. The minimum Gasteiger partial charge on any atom is -0.411 e. The van der Waals surface area contributed by atoms with Crippen molar-refractivity contribution in [2.24, 2.45) is 0 Å². The smallest absolute Gasteiger partial charge is 0.277 e. The predicted molar refractivity (Wildman–Crippen MR) is 126 cm³/mol. The number of nitrogens with zero attached hydrogens (tertiary/aromatic N) is 3. The average molecular weight is 487 g/mol. The molecule has 8 nitrogen and oxygen atoms in total. The van der Waals surface area contributed by atoms with Gasteiger partial charge in [0.15, 0.2) is 0 Å². The van der Waals surface area contributed by atoms with E-state index < -0.39 is 15.3 Å². The first-order valence-electron chi connectivity index (χ1n) is 10.9. The maximum atomic E-state index is 13.0. The lowest BCUT2D eigenvalue weighted by atomic mass is 10.2. The van der Waals surface area contributed by atoms with E-state index in [2.05, 4.69) is 15.5 Å². The molecule has 1 aliphatic rings. The van der Waals surface area contributed by atoms with E-state index in [0.717, 1.165) is 36.6 Å². The Morgan fingerprint density at radius 2 is 1.85 bits per heavy atom. The lowest BCUT2D eigenvalue weighted by Gasteiger charge is -2.25. The molecule has 1 fully saturated rings. The predicted octanol–water partition coefficient (Wildman–Crippen LogP) is 3.71. The Morgan fingerprint density at radius 3 is 2.61 bits per heavy atom. The van der Waals surface area contributed by atoms with Gasteiger partial charge in [0.2, 0.25) is 21.8 Å². The normalized spacial score (nSPS) is 15.8. The lowest BCUT2D eigenvalue weighted by molar-refractivity contribution is -0.120. The van der Waals surface area contributed by atoms with Gasteiger partial charge in [-0.1, -0.05) is 54.6 Å². The Bertz CT molecular complexity index is 1190. The molecular formula is C23H26N4O4S2. The van der Waals surface area contributed by atoms with Crippen LogP contribution in [0.15, 0.2) is 69.1 Å². The van der Waals surface area contributed by atoms with Gasteiger partial charge in [0.1, 0.15) is 0 Å². The van der Waals surface area contributed by atoms with Gasteiger partial charge in [-0.25, -0.2) is 8.42 Å². The maximum absolute atomic E-state index is 13.0. The molecule has 33 heavy (non-hydrogen) atoms. The van der Waals surface area contributed by atoms with Crippen LogP contribution in [0.2, 0.25) is 0 Å². The quantitative estimate of drug-likeness (QED) is 0.484. The number of aromatic nitrogens is 2. The molecule has 1 atom stereocenters. The Kier molecular flexibility index (Phi) is 7.46. The van der Waals surface area contributed by atoms with Crippen molar-refractivity contribution in [3.63, 3.8) is 0 Å². The summed E-state index contributed by atoms with van der Waals surface area (Å²) in [5, 5.41) is 10.8. The number of nitrogens with one attached hydrogen (secondary N) is 1. The second-order valence-electron chi connectivity index (χ2n) is 7.83. The van der Waals surface area contributed by atoms with E-state index in [1.807, 2.05) is 30.3 Å². The van der Waals surface area contributed by atoms with Gasteiger partial charge in [-0.15, -0.1) is 10.2 Å². The van der Waals surface area contributed by atoms with Crippen molar-refractivity contribution >= 4 is 27.7 Å². The molecule has 174 valence electrons. The summed E-state index contributed by atoms with van der Waals surface area (Å²) in [6.07, 6.45) is 2.80. The number of carbonyl (C=O) groups excluding carboxylic acids is 1. The van der Waals surface area contributed by atoms with Gasteiger partial charge in [-0.2, -0.15) is 4.31 Å². The fraction of sp³-hybridized carbons (Fsp3) is 0.348. The number of sulfonamides is 1. The topological polar surface area (TPSA) is 105 Å². The number of hydrogen-bond donors (Lipinski definition) is 1. The van der Waals surface area contributed by atoms with Gasteiger partial charge in [-0.3, -0.25) is 4.79 Å². The zero-order chi connectivity index (χ0) is 23.3. The van der Waals surface area contributed by atoms with Crippen LogP contribution in [0.1, 0.15) is 31.7 Å². The highest BCUT2D eigenvalue weighted by molar-refractivity contribution is 8.00. The van der Waals surface area contributed by atoms with Crippen LogP contribution in [0.5, 0.6) is 0 Å². The van der Waals surface area contributed by atoms with Crippen molar-refractivity contribution < 1.29 is 17.6 Å². The molecule has 1 unspecified atom stereocenters. The van der Waals surface area contributed by atoms with Crippen LogP contribution in [0.4, 0.5) is 0 Å². The number of piperidine rings is 1. The molecule has 1 aromatic heterocycles. The number of benzene rings is 2. The maximum Gasteiger partial charge on any atom is 0.277 e. The van der Waals surface area contributed by atoms with Crippen molar-refractivity contribution in [2.75, 3.05) is 13.1 Å². The summed E-state index contributed by atoms with van der Waals surface area (Å²) < 4.78 is 33.2. The number of hydrogen-bond acceptors (Lipinski definition) is 7. The first kappa shape index (κ1) is 23.5. The van der Waals surface area contributed by atoms with Crippen LogP contribution in [0, 0.1) is 0 Å². The van der Waals surface area contributed by atoms with Crippen molar-refractivity contribution in [3.8, 4) is 11.5 Å². The van der Waals surface area contributed by atoms with Crippen LogP contribution in [0.3, 0.4) is 0 Å². The number of amides is 1. The fourth-order valence-corrected chi connectivity index (χ4v) is 5.82. The van der Waals surface area contributed by atoms with Crippen LogP contribution in [-0.4, -0.2) is 47.2 Å². The van der Waals surface area contributed by atoms with E-state index in [-0.39, 0.29) is 21.9 Å². The van der Waals surface area contributed by atoms with Crippen molar-refractivity contribution in [1.29, 1.82) is 0 Å². The summed E-state index contributed by atoms with van der Waals surface area (Å²) in [7, 11) is -3.56. The summed E-state index contributed by atoms with van der Waals surface area (Å²) in [6.45, 7) is 3.29. The molecule has 1 N–H and O–H groups in total. The Morgan fingerprint density at radius 1 is 1.09 bits per heavy atom. The number of rotatable bonds is 8. The van der Waals surface area contributed by atoms with Crippen molar-refractivity contribution in [1.82, 2.24) is 19.8 Å². The average Bonchev–Trinajstić information content (AvgIpc) is 3.32. The molecule has 1 saturated heterocycles. The third-order valence-corrected chi connectivity index (χ3v) is 8.23. The lowest BCUT2D eigenvalue weighted by Crippen LogP contribution is -2.35. The first-order chi connectivity index (χ1) is 15.9. The highest BCUT2D eigenvalue weighted by Gasteiger charge is 2.26. The van der Waals surface area contributed by atoms with Crippen LogP contribution in [-0.2, 0) is 21.4 Å². The van der Waals surface area contributed by atoms with E-state index in [0.29, 0.717) is 25.2 Å². The van der Waals surface area contributed by atoms with E-state index in [1.54, 1.807) is 31.2 Å². The van der Waals surface area contributed by atoms with Crippen molar-refractivity contribution in [2.45, 2.75) is 48.1 Å².